The Bertz CT molecular complexity index is 958. The highest BCUT2D eigenvalue weighted by atomic mass is 19.4. The number of halogens is 3. The van der Waals surface area contributed by atoms with Crippen LogP contribution in [-0.4, -0.2) is 64.0 Å². The van der Waals surface area contributed by atoms with Crippen molar-refractivity contribution in [1.82, 2.24) is 24.7 Å². The average Bonchev–Trinajstić information content (AvgIpc) is 3.02. The van der Waals surface area contributed by atoms with Crippen LogP contribution in [0.25, 0.3) is 0 Å². The molecule has 1 amide bonds. The summed E-state index contributed by atoms with van der Waals surface area (Å²) in [6, 6.07) is 5.87. The lowest BCUT2D eigenvalue weighted by atomic mass is 10.1. The summed E-state index contributed by atoms with van der Waals surface area (Å²) >= 11 is 0. The topological polar surface area (TPSA) is 53.4 Å². The zero-order chi connectivity index (χ0) is 21.8. The molecule has 9 heteroatoms. The molecule has 0 bridgehead atoms. The van der Waals surface area contributed by atoms with Gasteiger partial charge in [0.05, 0.1) is 11.9 Å². The van der Waals surface area contributed by atoms with E-state index in [1.54, 1.807) is 35.1 Å². The van der Waals surface area contributed by atoms with E-state index in [1.165, 1.54) is 6.07 Å². The number of likely N-dealkylation sites (tertiary alicyclic amines) is 1. The number of alkyl halides is 3. The summed E-state index contributed by atoms with van der Waals surface area (Å²) in [5.41, 5.74) is 0.109. The van der Waals surface area contributed by atoms with Crippen LogP contribution in [-0.2, 0) is 19.8 Å². The molecule has 1 aliphatic carbocycles. The molecular formula is C22H26F3N5O. The highest BCUT2D eigenvalue weighted by Gasteiger charge is 2.57. The maximum Gasteiger partial charge on any atom is 0.416 e. The van der Waals surface area contributed by atoms with Crippen molar-refractivity contribution in [2.75, 3.05) is 32.7 Å². The highest BCUT2D eigenvalue weighted by Crippen LogP contribution is 2.52. The minimum atomic E-state index is -4.40. The van der Waals surface area contributed by atoms with Crippen LogP contribution in [0.5, 0.6) is 0 Å². The molecule has 2 aliphatic heterocycles. The number of piperidine rings is 1. The van der Waals surface area contributed by atoms with Crippen LogP contribution in [0.15, 0.2) is 36.8 Å². The number of rotatable bonds is 6. The molecule has 3 fully saturated rings. The second kappa shape index (κ2) is 7.63. The molecule has 31 heavy (non-hydrogen) atoms. The predicted molar refractivity (Wildman–Crippen MR) is 108 cm³/mol. The van der Waals surface area contributed by atoms with Gasteiger partial charge in [0.15, 0.2) is 0 Å². The first kappa shape index (κ1) is 20.5. The number of carbonyl (C=O) groups excluding carboxylic acids is 1. The maximum absolute atomic E-state index is 13.2. The standard InChI is InChI=1S/C22H26F3N5O/c1-28-12-20(27-13-28)21(31)30(8-14-3-2-4-15(5-14)22(23,24)25)11-19-17-9-29(10-18(17)19)16-6-26-7-16/h2-5,12-13,16-19,26H,6-11H2,1H3. The van der Waals surface area contributed by atoms with E-state index in [0.717, 1.165) is 38.3 Å². The zero-order valence-corrected chi connectivity index (χ0v) is 17.3. The summed E-state index contributed by atoms with van der Waals surface area (Å²) in [5, 5.41) is 3.31. The van der Waals surface area contributed by atoms with Crippen molar-refractivity contribution in [2.45, 2.75) is 18.8 Å². The molecule has 1 saturated carbocycles. The molecule has 1 N–H and O–H groups in total. The Balaban J connectivity index is 1.31. The second-order valence-electron chi connectivity index (χ2n) is 9.07. The van der Waals surface area contributed by atoms with Gasteiger partial charge in [-0.05, 0) is 35.4 Å². The van der Waals surface area contributed by atoms with E-state index in [-0.39, 0.29) is 12.5 Å². The van der Waals surface area contributed by atoms with E-state index in [1.807, 2.05) is 0 Å². The summed E-state index contributed by atoms with van der Waals surface area (Å²) in [7, 11) is 1.79. The minimum Gasteiger partial charge on any atom is -0.340 e. The Morgan fingerprint density at radius 3 is 2.58 bits per heavy atom. The molecule has 0 radical (unpaired) electrons. The normalized spacial score (nSPS) is 25.9. The minimum absolute atomic E-state index is 0.144. The van der Waals surface area contributed by atoms with Crippen LogP contribution >= 0.6 is 0 Å². The van der Waals surface area contributed by atoms with Crippen molar-refractivity contribution in [3.8, 4) is 0 Å². The third-order valence-corrected chi connectivity index (χ3v) is 6.95. The zero-order valence-electron chi connectivity index (χ0n) is 17.3. The van der Waals surface area contributed by atoms with Crippen molar-refractivity contribution in [3.05, 3.63) is 53.6 Å². The van der Waals surface area contributed by atoms with E-state index in [2.05, 4.69) is 15.2 Å². The molecule has 2 saturated heterocycles. The second-order valence-corrected chi connectivity index (χ2v) is 9.07. The lowest BCUT2D eigenvalue weighted by molar-refractivity contribution is -0.137. The summed E-state index contributed by atoms with van der Waals surface area (Å²) < 4.78 is 41.1. The lowest BCUT2D eigenvalue weighted by Crippen LogP contribution is -2.57. The van der Waals surface area contributed by atoms with Crippen LogP contribution in [0.4, 0.5) is 13.2 Å². The first-order valence-electron chi connectivity index (χ1n) is 10.7. The largest absolute Gasteiger partial charge is 0.416 e. The van der Waals surface area contributed by atoms with Gasteiger partial charge in [0.2, 0.25) is 0 Å². The quantitative estimate of drug-likeness (QED) is 0.759. The Morgan fingerprint density at radius 2 is 2.00 bits per heavy atom. The summed E-state index contributed by atoms with van der Waals surface area (Å²) in [5.74, 6) is 1.31. The molecule has 1 aromatic carbocycles. The van der Waals surface area contributed by atoms with Gasteiger partial charge < -0.3 is 14.8 Å². The number of benzene rings is 1. The molecule has 6 nitrogen and oxygen atoms in total. The highest BCUT2D eigenvalue weighted by molar-refractivity contribution is 5.92. The fourth-order valence-electron chi connectivity index (χ4n) is 5.01. The van der Waals surface area contributed by atoms with Crippen LogP contribution in [0.3, 0.4) is 0 Å². The third kappa shape index (κ3) is 4.08. The van der Waals surface area contributed by atoms with E-state index in [4.69, 9.17) is 0 Å². The van der Waals surface area contributed by atoms with Gasteiger partial charge in [-0.15, -0.1) is 0 Å². The van der Waals surface area contributed by atoms with Gasteiger partial charge in [-0.3, -0.25) is 9.69 Å². The number of nitrogens with one attached hydrogen (secondary N) is 1. The summed E-state index contributed by atoms with van der Waals surface area (Å²) in [4.78, 5) is 21.5. The van der Waals surface area contributed by atoms with Gasteiger partial charge in [-0.1, -0.05) is 12.1 Å². The van der Waals surface area contributed by atoms with Crippen LogP contribution in [0.2, 0.25) is 0 Å². The fourth-order valence-corrected chi connectivity index (χ4v) is 5.01. The average molecular weight is 433 g/mol. The first-order chi connectivity index (χ1) is 14.8. The molecular weight excluding hydrogens is 407 g/mol. The molecule has 2 atom stereocenters. The SMILES string of the molecule is Cn1cnc(C(=O)N(Cc2cccc(C(F)(F)F)c2)CC2C3CN(C4CNC4)CC23)c1. The Kier molecular flexibility index (Phi) is 5.05. The molecule has 3 aliphatic rings. The molecule has 5 rings (SSSR count). The number of fused-ring (bicyclic) bond motifs is 1. The lowest BCUT2D eigenvalue weighted by Gasteiger charge is -2.37. The molecule has 2 unspecified atom stereocenters. The van der Waals surface area contributed by atoms with Gasteiger partial charge in [0, 0.05) is 58.6 Å². The van der Waals surface area contributed by atoms with Gasteiger partial charge in [0.1, 0.15) is 5.69 Å². The third-order valence-electron chi connectivity index (χ3n) is 6.95. The van der Waals surface area contributed by atoms with Gasteiger partial charge in [0.25, 0.3) is 5.91 Å². The molecule has 1 aromatic heterocycles. The van der Waals surface area contributed by atoms with Crippen molar-refractivity contribution >= 4 is 5.91 Å². The van der Waals surface area contributed by atoms with Gasteiger partial charge in [-0.2, -0.15) is 13.2 Å². The molecule has 3 heterocycles. The first-order valence-corrected chi connectivity index (χ1v) is 10.7. The van der Waals surface area contributed by atoms with E-state index >= 15 is 0 Å². The van der Waals surface area contributed by atoms with Gasteiger partial charge in [-0.25, -0.2) is 4.98 Å². The molecule has 2 aromatic rings. The number of hydrogen-bond donors (Lipinski definition) is 1. The van der Waals surface area contributed by atoms with Crippen LogP contribution in [0, 0.1) is 17.8 Å². The Hall–Kier alpha value is -2.39. The molecule has 0 spiro atoms. The fraction of sp³-hybridized carbons (Fsp3) is 0.545. The number of aromatic nitrogens is 2. The number of carbonyl (C=O) groups is 1. The maximum atomic E-state index is 13.2. The summed E-state index contributed by atoms with van der Waals surface area (Å²) in [6.07, 6.45) is -1.19. The van der Waals surface area contributed by atoms with Crippen LogP contribution < -0.4 is 5.32 Å². The number of hydrogen-bond acceptors (Lipinski definition) is 4. The number of imidazole rings is 1. The van der Waals surface area contributed by atoms with Crippen molar-refractivity contribution in [2.24, 2.45) is 24.8 Å². The van der Waals surface area contributed by atoms with Crippen LogP contribution in [0.1, 0.15) is 21.6 Å². The Morgan fingerprint density at radius 1 is 1.26 bits per heavy atom. The van der Waals surface area contributed by atoms with E-state index < -0.39 is 11.7 Å². The molecule has 166 valence electrons. The Labute approximate surface area is 179 Å². The smallest absolute Gasteiger partial charge is 0.340 e. The van der Waals surface area contributed by atoms with Gasteiger partial charge >= 0.3 is 6.18 Å². The summed E-state index contributed by atoms with van der Waals surface area (Å²) in [6.45, 7) is 4.89. The predicted octanol–water partition coefficient (Wildman–Crippen LogP) is 2.23. The monoisotopic (exact) mass is 433 g/mol. The van der Waals surface area contributed by atoms with Crippen molar-refractivity contribution < 1.29 is 18.0 Å². The van der Waals surface area contributed by atoms with E-state index in [9.17, 15) is 18.0 Å². The van der Waals surface area contributed by atoms with E-state index in [0.29, 0.717) is 41.6 Å². The van der Waals surface area contributed by atoms with Crippen molar-refractivity contribution in [1.29, 1.82) is 0 Å². The number of amides is 1. The van der Waals surface area contributed by atoms with Crippen molar-refractivity contribution in [3.63, 3.8) is 0 Å². The number of nitrogens with zero attached hydrogens (tertiary/aromatic N) is 4. The number of aryl methyl sites for hydroxylation is 1.